The average molecular weight is 618 g/mol. The fourth-order valence-corrected chi connectivity index (χ4v) is 6.92. The van der Waals surface area contributed by atoms with E-state index in [1.54, 1.807) is 25.4 Å². The number of fused-ring (bicyclic) bond motifs is 2. The van der Waals surface area contributed by atoms with E-state index < -0.39 is 11.9 Å². The van der Waals surface area contributed by atoms with Gasteiger partial charge in [-0.3, -0.25) is 29.6 Å². The standard InChI is InChI=1S/C33H36FN5O6/c1-43-19-22-15-37(17-27-31(34)25-4-2-23(12-20(25)14-35-27)38-8-10-44-11-9-38)18-29(22)45-24-3-5-26-21(13-24)16-39(33(26)42)28-6-7-30(40)36-32(28)41/h2-5,12-14,22,28-29H,6-11,15-19H2,1H3,(H,36,40,41)/t22-,28-,29+/m0/s1. The molecule has 3 aromatic rings. The van der Waals surface area contributed by atoms with Gasteiger partial charge in [0.1, 0.15) is 17.9 Å². The number of piperidine rings is 1. The van der Waals surface area contributed by atoms with Gasteiger partial charge in [-0.25, -0.2) is 4.39 Å². The second-order valence-electron chi connectivity index (χ2n) is 12.2. The molecular formula is C33H36FN5O6. The molecule has 12 heteroatoms. The molecule has 3 fully saturated rings. The largest absolute Gasteiger partial charge is 0.489 e. The number of rotatable bonds is 8. The Morgan fingerprint density at radius 1 is 1.09 bits per heavy atom. The molecule has 5 heterocycles. The van der Waals surface area contributed by atoms with Gasteiger partial charge in [0.05, 0.1) is 25.5 Å². The minimum atomic E-state index is -0.669. The van der Waals surface area contributed by atoms with Crippen LogP contribution in [0.3, 0.4) is 0 Å². The number of aromatic nitrogens is 1. The van der Waals surface area contributed by atoms with Gasteiger partial charge in [0.2, 0.25) is 11.8 Å². The van der Waals surface area contributed by atoms with Gasteiger partial charge in [0.25, 0.3) is 5.91 Å². The van der Waals surface area contributed by atoms with E-state index in [2.05, 4.69) is 20.1 Å². The molecule has 2 aromatic carbocycles. The molecule has 0 saturated carbocycles. The van der Waals surface area contributed by atoms with Crippen LogP contribution in [0.1, 0.15) is 34.5 Å². The fraction of sp³-hybridized carbons (Fsp3) is 0.455. The number of hydrogen-bond acceptors (Lipinski definition) is 9. The Hall–Kier alpha value is -4.13. The van der Waals surface area contributed by atoms with Crippen molar-refractivity contribution in [1.29, 1.82) is 0 Å². The van der Waals surface area contributed by atoms with Crippen molar-refractivity contribution in [3.05, 3.63) is 65.2 Å². The summed E-state index contributed by atoms with van der Waals surface area (Å²) >= 11 is 0. The summed E-state index contributed by atoms with van der Waals surface area (Å²) in [5.41, 5.74) is 2.74. The zero-order valence-electron chi connectivity index (χ0n) is 25.2. The van der Waals surface area contributed by atoms with Crippen molar-refractivity contribution in [2.75, 3.05) is 58.0 Å². The van der Waals surface area contributed by atoms with E-state index in [9.17, 15) is 14.4 Å². The van der Waals surface area contributed by atoms with Crippen LogP contribution in [0.2, 0.25) is 0 Å². The van der Waals surface area contributed by atoms with E-state index in [0.29, 0.717) is 68.3 Å². The average Bonchev–Trinajstić information content (AvgIpc) is 3.57. The predicted octanol–water partition coefficient (Wildman–Crippen LogP) is 2.50. The van der Waals surface area contributed by atoms with Crippen LogP contribution in [0.15, 0.2) is 42.6 Å². The third-order valence-electron chi connectivity index (χ3n) is 9.25. The van der Waals surface area contributed by atoms with Crippen LogP contribution in [-0.2, 0) is 32.2 Å². The number of halogens is 1. The molecular weight excluding hydrogens is 581 g/mol. The summed E-state index contributed by atoms with van der Waals surface area (Å²) in [5, 5.41) is 3.65. The third-order valence-corrected chi connectivity index (χ3v) is 9.25. The first-order valence-corrected chi connectivity index (χ1v) is 15.4. The molecule has 4 aliphatic rings. The second kappa shape index (κ2) is 12.3. The number of pyridine rings is 1. The summed E-state index contributed by atoms with van der Waals surface area (Å²) in [5.74, 6) is -0.623. The lowest BCUT2D eigenvalue weighted by Gasteiger charge is -2.29. The predicted molar refractivity (Wildman–Crippen MR) is 162 cm³/mol. The molecule has 4 aliphatic heterocycles. The highest BCUT2D eigenvalue weighted by molar-refractivity contribution is 6.05. The van der Waals surface area contributed by atoms with E-state index in [0.717, 1.165) is 29.7 Å². The van der Waals surface area contributed by atoms with Crippen molar-refractivity contribution in [1.82, 2.24) is 20.1 Å². The van der Waals surface area contributed by atoms with E-state index >= 15 is 4.39 Å². The Bertz CT molecular complexity index is 1650. The maximum Gasteiger partial charge on any atom is 0.255 e. The number of methoxy groups -OCH3 is 1. The molecule has 7 rings (SSSR count). The van der Waals surface area contributed by atoms with Crippen molar-refractivity contribution in [2.24, 2.45) is 5.92 Å². The SMILES string of the molecule is COC[C@@H]1CN(Cc2ncc3cc(N4CCOCC4)ccc3c2F)C[C@H]1Oc1ccc2c(c1)CN([C@H]1CCC(=O)NC1=O)C2=O. The molecule has 1 aromatic heterocycles. The van der Waals surface area contributed by atoms with Gasteiger partial charge in [0.15, 0.2) is 5.82 Å². The highest BCUT2D eigenvalue weighted by Gasteiger charge is 2.40. The molecule has 11 nitrogen and oxygen atoms in total. The number of nitrogens with one attached hydrogen (secondary N) is 1. The zero-order valence-corrected chi connectivity index (χ0v) is 25.2. The molecule has 3 atom stereocenters. The van der Waals surface area contributed by atoms with Gasteiger partial charge in [-0.15, -0.1) is 0 Å². The number of hydrogen-bond donors (Lipinski definition) is 1. The summed E-state index contributed by atoms with van der Waals surface area (Å²) < 4.78 is 33.1. The number of nitrogens with zero attached hydrogens (tertiary/aromatic N) is 4. The Kier molecular flexibility index (Phi) is 8.11. The van der Waals surface area contributed by atoms with E-state index in [-0.39, 0.29) is 42.6 Å². The minimum Gasteiger partial charge on any atom is -0.489 e. The summed E-state index contributed by atoms with van der Waals surface area (Å²) in [6.07, 6.45) is 2.05. The number of imide groups is 1. The van der Waals surface area contributed by atoms with Gasteiger partial charge in [-0.2, -0.15) is 0 Å². The van der Waals surface area contributed by atoms with Crippen molar-refractivity contribution >= 4 is 34.2 Å². The smallest absolute Gasteiger partial charge is 0.255 e. The number of likely N-dealkylation sites (tertiary alicyclic amines) is 1. The second-order valence-corrected chi connectivity index (χ2v) is 12.2. The van der Waals surface area contributed by atoms with Crippen LogP contribution in [0.4, 0.5) is 10.1 Å². The van der Waals surface area contributed by atoms with E-state index in [1.807, 2.05) is 24.3 Å². The van der Waals surface area contributed by atoms with Crippen LogP contribution in [0.25, 0.3) is 10.8 Å². The van der Waals surface area contributed by atoms with Crippen LogP contribution in [-0.4, -0.2) is 97.8 Å². The Balaban J connectivity index is 1.03. The number of benzene rings is 2. The summed E-state index contributed by atoms with van der Waals surface area (Å²) in [6, 6.07) is 10.5. The summed E-state index contributed by atoms with van der Waals surface area (Å²) in [4.78, 5) is 47.5. The van der Waals surface area contributed by atoms with E-state index in [4.69, 9.17) is 14.2 Å². The van der Waals surface area contributed by atoms with E-state index in [1.165, 1.54) is 4.90 Å². The highest BCUT2D eigenvalue weighted by Crippen LogP contribution is 2.33. The third kappa shape index (κ3) is 5.85. The number of carbonyl (C=O) groups excluding carboxylic acids is 3. The molecule has 45 heavy (non-hydrogen) atoms. The van der Waals surface area contributed by atoms with Crippen LogP contribution in [0.5, 0.6) is 5.75 Å². The van der Waals surface area contributed by atoms with Crippen molar-refractivity contribution in [3.8, 4) is 5.75 Å². The van der Waals surface area contributed by atoms with Crippen molar-refractivity contribution in [2.45, 2.75) is 38.1 Å². The summed E-state index contributed by atoms with van der Waals surface area (Å²) in [7, 11) is 1.65. The van der Waals surface area contributed by atoms with Crippen molar-refractivity contribution < 1.29 is 33.0 Å². The molecule has 3 saturated heterocycles. The lowest BCUT2D eigenvalue weighted by atomic mass is 10.0. The Labute approximate surface area is 260 Å². The monoisotopic (exact) mass is 617 g/mol. The highest BCUT2D eigenvalue weighted by atomic mass is 19.1. The van der Waals surface area contributed by atoms with Gasteiger partial charge >= 0.3 is 0 Å². The van der Waals surface area contributed by atoms with Gasteiger partial charge in [-0.1, -0.05) is 0 Å². The Morgan fingerprint density at radius 3 is 2.73 bits per heavy atom. The molecule has 236 valence electrons. The molecule has 0 radical (unpaired) electrons. The number of anilines is 1. The maximum atomic E-state index is 15.7. The molecule has 3 amide bonds. The number of morpholine rings is 1. The lowest BCUT2D eigenvalue weighted by molar-refractivity contribution is -0.136. The number of carbonyl (C=O) groups is 3. The maximum absolute atomic E-state index is 15.7. The van der Waals surface area contributed by atoms with Crippen molar-refractivity contribution in [3.63, 3.8) is 0 Å². The topological polar surface area (TPSA) is 114 Å². The molecule has 0 bridgehead atoms. The first kappa shape index (κ1) is 29.6. The van der Waals surface area contributed by atoms with Crippen LogP contribution in [0, 0.1) is 11.7 Å². The number of ether oxygens (including phenoxy) is 3. The van der Waals surface area contributed by atoms with Crippen LogP contribution >= 0.6 is 0 Å². The van der Waals surface area contributed by atoms with Gasteiger partial charge in [-0.05, 0) is 48.4 Å². The lowest BCUT2D eigenvalue weighted by Crippen LogP contribution is -2.52. The quantitative estimate of drug-likeness (QED) is 0.381. The summed E-state index contributed by atoms with van der Waals surface area (Å²) in [6.45, 7) is 5.29. The van der Waals surface area contributed by atoms with Crippen LogP contribution < -0.4 is 15.0 Å². The first-order valence-electron chi connectivity index (χ1n) is 15.4. The molecule has 0 unspecified atom stereocenters. The number of amides is 3. The molecule has 0 aliphatic carbocycles. The fourth-order valence-electron chi connectivity index (χ4n) is 6.92. The zero-order chi connectivity index (χ0) is 31.1. The normalized spacial score (nSPS) is 24.0. The minimum absolute atomic E-state index is 0.0458. The van der Waals surface area contributed by atoms with Gasteiger partial charge < -0.3 is 24.0 Å². The molecule has 1 N–H and O–H groups in total. The van der Waals surface area contributed by atoms with Gasteiger partial charge in [0, 0.05) is 86.9 Å². The molecule has 0 spiro atoms. The Morgan fingerprint density at radius 2 is 1.93 bits per heavy atom. The first-order chi connectivity index (χ1) is 21.9.